The van der Waals surface area contributed by atoms with Crippen LogP contribution in [-0.4, -0.2) is 16.8 Å². The minimum Gasteiger partial charge on any atom is -0.413 e. The Labute approximate surface area is 80.1 Å². The Kier molecular flexibility index (Phi) is 1.95. The largest absolute Gasteiger partial charge is 0.413 e. The smallest absolute Gasteiger partial charge is 0.359 e. The molecule has 0 saturated carbocycles. The lowest BCUT2D eigenvalue weighted by Gasteiger charge is -2.08. The van der Waals surface area contributed by atoms with Crippen molar-refractivity contribution < 1.29 is 4.84 Å². The zero-order chi connectivity index (χ0) is 9.42. The fraction of sp³-hybridized carbons (Fsp3) is 0.500. The van der Waals surface area contributed by atoms with Crippen LogP contribution < -0.4 is 10.5 Å². The van der Waals surface area contributed by atoms with Gasteiger partial charge in [0.05, 0.1) is 5.69 Å². The normalized spacial score (nSPS) is 14.2. The van der Waals surface area contributed by atoms with E-state index in [9.17, 15) is 4.79 Å². The van der Waals surface area contributed by atoms with Gasteiger partial charge in [0.15, 0.2) is 0 Å². The molecule has 0 aromatic carbocycles. The van der Waals surface area contributed by atoms with Gasteiger partial charge in [-0.25, -0.2) is 4.79 Å². The van der Waals surface area contributed by atoms with Crippen LogP contribution in [0.4, 0.5) is 0 Å². The van der Waals surface area contributed by atoms with E-state index in [0.29, 0.717) is 4.64 Å². The van der Waals surface area contributed by atoms with Gasteiger partial charge in [-0.1, -0.05) is 12.2 Å². The van der Waals surface area contributed by atoms with Gasteiger partial charge >= 0.3 is 5.69 Å². The number of nitrogens with zero attached hydrogens (tertiary/aromatic N) is 1. The Morgan fingerprint density at radius 1 is 1.54 bits per heavy atom. The molecule has 13 heavy (non-hydrogen) atoms. The predicted octanol–water partition coefficient (Wildman–Crippen LogP) is 0.453. The highest BCUT2D eigenvalue weighted by molar-refractivity contribution is 7.71. The molecule has 1 aromatic heterocycles. The van der Waals surface area contributed by atoms with Gasteiger partial charge in [-0.2, -0.15) is 0 Å². The van der Waals surface area contributed by atoms with Crippen molar-refractivity contribution in [2.24, 2.45) is 0 Å². The third-order valence-corrected chi connectivity index (χ3v) is 2.64. The third-order valence-electron chi connectivity index (χ3n) is 2.30. The van der Waals surface area contributed by atoms with Crippen molar-refractivity contribution >= 4 is 12.2 Å². The van der Waals surface area contributed by atoms with Crippen molar-refractivity contribution in [3.63, 3.8) is 0 Å². The van der Waals surface area contributed by atoms with Crippen molar-refractivity contribution in [3.8, 4) is 0 Å². The maximum atomic E-state index is 11.3. The van der Waals surface area contributed by atoms with E-state index in [1.54, 1.807) is 0 Å². The summed E-state index contributed by atoms with van der Waals surface area (Å²) in [4.78, 5) is 18.9. The number of nitrogens with one attached hydrogen (secondary N) is 1. The molecule has 70 valence electrons. The summed E-state index contributed by atoms with van der Waals surface area (Å²) in [6.45, 7) is 0. The number of rotatable bonds is 1. The van der Waals surface area contributed by atoms with E-state index in [4.69, 9.17) is 17.1 Å². The van der Waals surface area contributed by atoms with Crippen LogP contribution in [0.2, 0.25) is 0 Å². The first-order valence-corrected chi connectivity index (χ1v) is 4.56. The summed E-state index contributed by atoms with van der Waals surface area (Å²) >= 11 is 5.05. The minimum absolute atomic E-state index is 0.284. The molecular weight excluding hydrogens is 188 g/mol. The summed E-state index contributed by atoms with van der Waals surface area (Å²) in [6.07, 6.45) is 2.85. The molecule has 1 heterocycles. The number of fused-ring (bicyclic) bond motifs is 1. The Bertz CT molecular complexity index is 446. The fourth-order valence-corrected chi connectivity index (χ4v) is 2.04. The van der Waals surface area contributed by atoms with E-state index in [0.717, 1.165) is 30.5 Å². The number of aromatic nitrogens is 2. The van der Waals surface area contributed by atoms with Gasteiger partial charge in [0, 0.05) is 5.56 Å². The Morgan fingerprint density at radius 3 is 3.00 bits per heavy atom. The number of H-pyrrole nitrogens is 1. The van der Waals surface area contributed by atoms with Gasteiger partial charge in [-0.3, -0.25) is 4.98 Å². The Balaban J connectivity index is 2.80. The lowest BCUT2D eigenvalue weighted by Crippen LogP contribution is -2.30. The van der Waals surface area contributed by atoms with E-state index in [-0.39, 0.29) is 5.69 Å². The van der Waals surface area contributed by atoms with Gasteiger partial charge in [-0.05, 0) is 19.3 Å². The molecule has 0 aliphatic heterocycles. The molecule has 4 nitrogen and oxygen atoms in total. The van der Waals surface area contributed by atoms with Gasteiger partial charge < -0.3 is 4.84 Å². The van der Waals surface area contributed by atoms with Crippen LogP contribution in [0.15, 0.2) is 4.79 Å². The second-order valence-corrected chi connectivity index (χ2v) is 3.42. The average Bonchev–Trinajstić information content (AvgIpc) is 2.53. The topological polar surface area (TPSA) is 47.0 Å². The standard InChI is InChI=1S/C8H10N2O2S/c1-12-10-6-4-2-3-5(6)7(13)9-8(10)11/h2-4H2,1H3,(H,9,11,13). The fourth-order valence-electron chi connectivity index (χ4n) is 1.74. The minimum atomic E-state index is -0.284. The van der Waals surface area contributed by atoms with Crippen LogP contribution in [0.1, 0.15) is 17.7 Å². The highest BCUT2D eigenvalue weighted by atomic mass is 32.1. The van der Waals surface area contributed by atoms with Crippen molar-refractivity contribution in [1.29, 1.82) is 0 Å². The first kappa shape index (κ1) is 8.50. The van der Waals surface area contributed by atoms with Crippen LogP contribution in [-0.2, 0) is 12.8 Å². The highest BCUT2D eigenvalue weighted by Crippen LogP contribution is 2.19. The number of hydrogen-bond acceptors (Lipinski definition) is 3. The SMILES string of the molecule is COn1c2c(c(=S)[nH]c1=O)CCC2. The van der Waals surface area contributed by atoms with Crippen LogP contribution in [0, 0.1) is 4.64 Å². The molecule has 0 unspecified atom stereocenters. The molecule has 0 fully saturated rings. The highest BCUT2D eigenvalue weighted by Gasteiger charge is 2.18. The maximum Gasteiger partial charge on any atom is 0.359 e. The van der Waals surface area contributed by atoms with Crippen LogP contribution in [0.5, 0.6) is 0 Å². The molecule has 0 amide bonds. The molecule has 0 atom stereocenters. The monoisotopic (exact) mass is 198 g/mol. The Morgan fingerprint density at radius 2 is 2.31 bits per heavy atom. The molecule has 0 radical (unpaired) electrons. The number of hydrogen-bond donors (Lipinski definition) is 1. The molecule has 0 saturated heterocycles. The summed E-state index contributed by atoms with van der Waals surface area (Å²) in [5.41, 5.74) is 1.70. The van der Waals surface area contributed by atoms with Crippen molar-refractivity contribution in [3.05, 3.63) is 26.4 Å². The second-order valence-electron chi connectivity index (χ2n) is 3.02. The zero-order valence-corrected chi connectivity index (χ0v) is 8.11. The van der Waals surface area contributed by atoms with Crippen LogP contribution in [0.25, 0.3) is 0 Å². The van der Waals surface area contributed by atoms with Crippen molar-refractivity contribution in [2.75, 3.05) is 7.11 Å². The molecule has 0 bridgehead atoms. The van der Waals surface area contributed by atoms with E-state index in [1.165, 1.54) is 11.8 Å². The summed E-state index contributed by atoms with van der Waals surface area (Å²) in [7, 11) is 1.48. The van der Waals surface area contributed by atoms with Gasteiger partial charge in [0.1, 0.15) is 11.8 Å². The molecule has 0 spiro atoms. The van der Waals surface area contributed by atoms with Crippen molar-refractivity contribution in [2.45, 2.75) is 19.3 Å². The van der Waals surface area contributed by atoms with Crippen molar-refractivity contribution in [1.82, 2.24) is 9.71 Å². The van der Waals surface area contributed by atoms with E-state index < -0.39 is 0 Å². The molecule has 2 rings (SSSR count). The summed E-state index contributed by atoms with van der Waals surface area (Å²) in [5, 5.41) is 0. The maximum absolute atomic E-state index is 11.3. The van der Waals surface area contributed by atoms with Gasteiger partial charge in [-0.15, -0.1) is 4.73 Å². The first-order valence-electron chi connectivity index (χ1n) is 4.15. The second kappa shape index (κ2) is 2.99. The van der Waals surface area contributed by atoms with Crippen LogP contribution >= 0.6 is 12.2 Å². The molecule has 5 heteroatoms. The third kappa shape index (κ3) is 1.19. The van der Waals surface area contributed by atoms with Gasteiger partial charge in [0.25, 0.3) is 0 Å². The summed E-state index contributed by atoms with van der Waals surface area (Å²) in [6, 6.07) is 0. The summed E-state index contributed by atoms with van der Waals surface area (Å²) < 4.78 is 1.85. The molecule has 1 N–H and O–H groups in total. The lowest BCUT2D eigenvalue weighted by atomic mass is 10.3. The molecule has 1 aromatic rings. The molecule has 1 aliphatic carbocycles. The predicted molar refractivity (Wildman–Crippen MR) is 50.4 cm³/mol. The van der Waals surface area contributed by atoms with E-state index >= 15 is 0 Å². The first-order chi connectivity index (χ1) is 6.24. The lowest BCUT2D eigenvalue weighted by molar-refractivity contribution is 0.145. The molecule has 1 aliphatic rings. The van der Waals surface area contributed by atoms with Gasteiger partial charge in [0.2, 0.25) is 0 Å². The molecular formula is C8H10N2O2S. The summed E-state index contributed by atoms with van der Waals surface area (Å²) in [5.74, 6) is 0. The van der Waals surface area contributed by atoms with E-state index in [1.807, 2.05) is 0 Å². The zero-order valence-electron chi connectivity index (χ0n) is 7.29. The number of aromatic amines is 1. The Hall–Kier alpha value is -1.10. The quantitative estimate of drug-likeness (QED) is 0.667. The average molecular weight is 198 g/mol. The van der Waals surface area contributed by atoms with Crippen LogP contribution in [0.3, 0.4) is 0 Å². The van der Waals surface area contributed by atoms with E-state index in [2.05, 4.69) is 4.98 Å².